The summed E-state index contributed by atoms with van der Waals surface area (Å²) in [5, 5.41) is 3.16. The minimum Gasteiger partial charge on any atom is -0.494 e. The first kappa shape index (κ1) is 14.2. The summed E-state index contributed by atoms with van der Waals surface area (Å²) in [7, 11) is 1.44. The fourth-order valence-corrected chi connectivity index (χ4v) is 1.88. The zero-order valence-corrected chi connectivity index (χ0v) is 11.9. The van der Waals surface area contributed by atoms with Gasteiger partial charge in [-0.3, -0.25) is 0 Å². The average molecular weight is 275 g/mol. The lowest BCUT2D eigenvalue weighted by Gasteiger charge is -2.09. The highest BCUT2D eigenvalue weighted by Gasteiger charge is 2.09. The third-order valence-corrected chi connectivity index (χ3v) is 2.91. The second-order valence-electron chi connectivity index (χ2n) is 4.30. The van der Waals surface area contributed by atoms with Crippen LogP contribution in [0.4, 0.5) is 10.2 Å². The van der Waals surface area contributed by atoms with Crippen LogP contribution in [0.15, 0.2) is 24.3 Å². The molecule has 0 radical (unpaired) electrons. The number of ether oxygens (including phenoxy) is 1. The molecule has 1 heterocycles. The highest BCUT2D eigenvalue weighted by atomic mass is 19.1. The number of nitrogens with one attached hydrogen (secondary N) is 1. The first-order valence-corrected chi connectivity index (χ1v) is 6.63. The van der Waals surface area contributed by atoms with Gasteiger partial charge in [-0.2, -0.15) is 0 Å². The molecule has 0 unspecified atom stereocenters. The summed E-state index contributed by atoms with van der Waals surface area (Å²) in [5.74, 6) is 1.07. The van der Waals surface area contributed by atoms with Crippen LogP contribution in [0.25, 0.3) is 11.4 Å². The lowest BCUT2D eigenvalue weighted by molar-refractivity contribution is 0.386. The summed E-state index contributed by atoms with van der Waals surface area (Å²) in [4.78, 5) is 8.85. The van der Waals surface area contributed by atoms with E-state index < -0.39 is 5.82 Å². The van der Waals surface area contributed by atoms with Gasteiger partial charge in [-0.25, -0.2) is 14.4 Å². The Morgan fingerprint density at radius 3 is 2.60 bits per heavy atom. The van der Waals surface area contributed by atoms with Crippen molar-refractivity contribution in [1.82, 2.24) is 9.97 Å². The predicted molar refractivity (Wildman–Crippen MR) is 77.5 cm³/mol. The van der Waals surface area contributed by atoms with E-state index in [-0.39, 0.29) is 5.75 Å². The second-order valence-corrected chi connectivity index (χ2v) is 4.30. The Labute approximate surface area is 118 Å². The molecule has 0 amide bonds. The molecule has 106 valence electrons. The molecule has 0 aliphatic carbocycles. The lowest BCUT2D eigenvalue weighted by Crippen LogP contribution is -2.04. The smallest absolute Gasteiger partial charge is 0.165 e. The maximum Gasteiger partial charge on any atom is 0.165 e. The lowest BCUT2D eigenvalue weighted by atomic mass is 10.2. The molecule has 0 bridgehead atoms. The van der Waals surface area contributed by atoms with Crippen molar-refractivity contribution in [3.63, 3.8) is 0 Å². The summed E-state index contributed by atoms with van der Waals surface area (Å²) < 4.78 is 18.7. The van der Waals surface area contributed by atoms with Crippen molar-refractivity contribution in [3.8, 4) is 17.1 Å². The highest BCUT2D eigenvalue weighted by molar-refractivity contribution is 5.59. The minimum absolute atomic E-state index is 0.215. The van der Waals surface area contributed by atoms with Crippen LogP contribution < -0.4 is 10.1 Å². The van der Waals surface area contributed by atoms with E-state index >= 15 is 0 Å². The average Bonchev–Trinajstić information content (AvgIpc) is 2.47. The Bertz CT molecular complexity index is 602. The van der Waals surface area contributed by atoms with Crippen LogP contribution in [0, 0.1) is 5.82 Å². The normalized spacial score (nSPS) is 10.4. The number of halogens is 1. The van der Waals surface area contributed by atoms with Gasteiger partial charge in [-0.1, -0.05) is 6.92 Å². The van der Waals surface area contributed by atoms with E-state index in [1.165, 1.54) is 13.2 Å². The first-order chi connectivity index (χ1) is 9.67. The molecule has 0 aliphatic rings. The SMILES string of the molecule is CCNc1cc(CC)nc(-c2ccc(OC)c(F)c2)n1. The van der Waals surface area contributed by atoms with Crippen LogP contribution in [0.5, 0.6) is 5.75 Å². The number of aromatic nitrogens is 2. The highest BCUT2D eigenvalue weighted by Crippen LogP contribution is 2.24. The van der Waals surface area contributed by atoms with Crippen LogP contribution >= 0.6 is 0 Å². The molecule has 0 saturated heterocycles. The molecule has 20 heavy (non-hydrogen) atoms. The standard InChI is InChI=1S/C15H18FN3O/c1-4-11-9-14(17-5-2)19-15(18-11)10-6-7-13(20-3)12(16)8-10/h6-9H,4-5H2,1-3H3,(H,17,18,19). The molecule has 5 heteroatoms. The van der Waals surface area contributed by atoms with Crippen molar-refractivity contribution in [2.24, 2.45) is 0 Å². The molecule has 1 N–H and O–H groups in total. The number of methoxy groups -OCH3 is 1. The van der Waals surface area contributed by atoms with E-state index in [1.54, 1.807) is 12.1 Å². The minimum atomic E-state index is -0.416. The molecule has 2 aromatic rings. The summed E-state index contributed by atoms with van der Waals surface area (Å²) >= 11 is 0. The van der Waals surface area contributed by atoms with Crippen molar-refractivity contribution in [3.05, 3.63) is 35.8 Å². The van der Waals surface area contributed by atoms with E-state index in [1.807, 2.05) is 19.9 Å². The van der Waals surface area contributed by atoms with Gasteiger partial charge >= 0.3 is 0 Å². The fourth-order valence-electron chi connectivity index (χ4n) is 1.88. The Hall–Kier alpha value is -2.17. The van der Waals surface area contributed by atoms with Crippen LogP contribution in [-0.4, -0.2) is 23.6 Å². The number of anilines is 1. The fraction of sp³-hybridized carbons (Fsp3) is 0.333. The van der Waals surface area contributed by atoms with Crippen LogP contribution in [-0.2, 0) is 6.42 Å². The summed E-state index contributed by atoms with van der Waals surface area (Å²) in [6, 6.07) is 6.64. The molecule has 1 aromatic heterocycles. The van der Waals surface area contributed by atoms with Gasteiger partial charge in [-0.05, 0) is 31.5 Å². The van der Waals surface area contributed by atoms with Gasteiger partial charge in [0.05, 0.1) is 7.11 Å². The number of rotatable bonds is 5. The molecule has 0 spiro atoms. The van der Waals surface area contributed by atoms with Gasteiger partial charge in [0, 0.05) is 23.9 Å². The van der Waals surface area contributed by atoms with E-state index in [2.05, 4.69) is 15.3 Å². The Morgan fingerprint density at radius 2 is 2.00 bits per heavy atom. The zero-order chi connectivity index (χ0) is 14.5. The molecule has 0 saturated carbocycles. The monoisotopic (exact) mass is 275 g/mol. The molecule has 0 atom stereocenters. The van der Waals surface area contributed by atoms with Gasteiger partial charge in [0.25, 0.3) is 0 Å². The quantitative estimate of drug-likeness (QED) is 0.909. The van der Waals surface area contributed by atoms with Gasteiger partial charge in [0.1, 0.15) is 5.82 Å². The van der Waals surface area contributed by atoms with Gasteiger partial charge in [-0.15, -0.1) is 0 Å². The maximum absolute atomic E-state index is 13.8. The molecule has 1 aromatic carbocycles. The molecule has 2 rings (SSSR count). The number of benzene rings is 1. The van der Waals surface area contributed by atoms with Crippen LogP contribution in [0.3, 0.4) is 0 Å². The third kappa shape index (κ3) is 3.04. The molecular formula is C15H18FN3O. The number of nitrogens with zero attached hydrogens (tertiary/aromatic N) is 2. The predicted octanol–water partition coefficient (Wildman–Crippen LogP) is 3.29. The van der Waals surface area contributed by atoms with Crippen molar-refractivity contribution in [2.75, 3.05) is 19.0 Å². The second kappa shape index (κ2) is 6.32. The Morgan fingerprint density at radius 1 is 1.20 bits per heavy atom. The van der Waals surface area contributed by atoms with Crippen molar-refractivity contribution in [2.45, 2.75) is 20.3 Å². The zero-order valence-electron chi connectivity index (χ0n) is 11.9. The Kier molecular flexibility index (Phi) is 4.50. The van der Waals surface area contributed by atoms with Crippen molar-refractivity contribution < 1.29 is 9.13 Å². The molecule has 0 aliphatic heterocycles. The molecule has 4 nitrogen and oxygen atoms in total. The summed E-state index contributed by atoms with van der Waals surface area (Å²) in [6.45, 7) is 4.80. The summed E-state index contributed by atoms with van der Waals surface area (Å²) in [5.41, 5.74) is 1.56. The van der Waals surface area contributed by atoms with Gasteiger partial charge in [0.2, 0.25) is 0 Å². The van der Waals surface area contributed by atoms with E-state index in [4.69, 9.17) is 4.74 Å². The van der Waals surface area contributed by atoms with Crippen LogP contribution in [0.2, 0.25) is 0 Å². The topological polar surface area (TPSA) is 47.0 Å². The van der Waals surface area contributed by atoms with Gasteiger partial charge in [0.15, 0.2) is 17.4 Å². The van der Waals surface area contributed by atoms with E-state index in [0.29, 0.717) is 11.4 Å². The van der Waals surface area contributed by atoms with Crippen LogP contribution in [0.1, 0.15) is 19.5 Å². The number of aryl methyl sites for hydroxylation is 1. The largest absolute Gasteiger partial charge is 0.494 e. The summed E-state index contributed by atoms with van der Waals surface area (Å²) in [6.07, 6.45) is 0.798. The number of hydrogen-bond donors (Lipinski definition) is 1. The van der Waals surface area contributed by atoms with Crippen molar-refractivity contribution >= 4 is 5.82 Å². The third-order valence-electron chi connectivity index (χ3n) is 2.91. The van der Waals surface area contributed by atoms with E-state index in [9.17, 15) is 4.39 Å². The van der Waals surface area contributed by atoms with Gasteiger partial charge < -0.3 is 10.1 Å². The Balaban J connectivity index is 2.45. The molecule has 0 fully saturated rings. The van der Waals surface area contributed by atoms with E-state index in [0.717, 1.165) is 24.5 Å². The number of hydrogen-bond acceptors (Lipinski definition) is 4. The maximum atomic E-state index is 13.8. The first-order valence-electron chi connectivity index (χ1n) is 6.63. The van der Waals surface area contributed by atoms with Crippen molar-refractivity contribution in [1.29, 1.82) is 0 Å². The molecular weight excluding hydrogens is 257 g/mol.